The topological polar surface area (TPSA) is 77.1 Å². The Kier molecular flexibility index (Phi) is 4.13. The van der Waals surface area contributed by atoms with Crippen LogP contribution in [-0.2, 0) is 19.5 Å². The van der Waals surface area contributed by atoms with E-state index < -0.39 is 0 Å². The predicted octanol–water partition coefficient (Wildman–Crippen LogP) is 2.78. The van der Waals surface area contributed by atoms with Gasteiger partial charge in [0, 0.05) is 49.7 Å². The molecule has 0 fully saturated rings. The van der Waals surface area contributed by atoms with Crippen LogP contribution in [0.3, 0.4) is 0 Å². The molecule has 6 nitrogen and oxygen atoms in total. The summed E-state index contributed by atoms with van der Waals surface area (Å²) in [6.07, 6.45) is 6.04. The fourth-order valence-corrected chi connectivity index (χ4v) is 4.15. The van der Waals surface area contributed by atoms with Crippen LogP contribution in [0.5, 0.6) is 0 Å². The maximum Gasteiger partial charge on any atom is 0.255 e. The van der Waals surface area contributed by atoms with Gasteiger partial charge in [0.2, 0.25) is 0 Å². The number of rotatable bonds is 3. The third-order valence-corrected chi connectivity index (χ3v) is 5.61. The first-order chi connectivity index (χ1) is 13.3. The van der Waals surface area contributed by atoms with Gasteiger partial charge in [-0.15, -0.1) is 0 Å². The van der Waals surface area contributed by atoms with Crippen molar-refractivity contribution < 1.29 is 0 Å². The summed E-state index contributed by atoms with van der Waals surface area (Å²) in [5.41, 5.74) is 5.13. The van der Waals surface area contributed by atoms with Crippen molar-refractivity contribution >= 4 is 16.6 Å². The van der Waals surface area contributed by atoms with E-state index in [4.69, 9.17) is 4.98 Å². The predicted molar refractivity (Wildman–Crippen MR) is 106 cm³/mol. The number of nitrogens with one attached hydrogen (secondary N) is 2. The third kappa shape index (κ3) is 3.10. The van der Waals surface area contributed by atoms with Crippen molar-refractivity contribution in [2.45, 2.75) is 38.8 Å². The molecule has 0 spiro atoms. The van der Waals surface area contributed by atoms with Gasteiger partial charge < -0.3 is 9.97 Å². The zero-order valence-electron chi connectivity index (χ0n) is 15.3. The van der Waals surface area contributed by atoms with Crippen molar-refractivity contribution in [1.29, 1.82) is 0 Å². The summed E-state index contributed by atoms with van der Waals surface area (Å²) in [4.78, 5) is 30.7. The Morgan fingerprint density at radius 2 is 2.07 bits per heavy atom. The van der Waals surface area contributed by atoms with Crippen molar-refractivity contribution in [3.05, 3.63) is 63.5 Å². The van der Waals surface area contributed by atoms with Gasteiger partial charge in [0.15, 0.2) is 5.82 Å². The SMILES string of the molecule is O=c1[nH]c(C2=NCCCC2)nc2c1CN(Cc1c[nH]c3ccccc13)CC2. The molecule has 27 heavy (non-hydrogen) atoms. The minimum absolute atomic E-state index is 0.00750. The molecule has 5 rings (SSSR count). The Morgan fingerprint density at radius 3 is 2.96 bits per heavy atom. The Bertz CT molecular complexity index is 1080. The van der Waals surface area contributed by atoms with Gasteiger partial charge in [0.05, 0.1) is 17.0 Å². The first kappa shape index (κ1) is 16.4. The summed E-state index contributed by atoms with van der Waals surface area (Å²) in [5.74, 6) is 0.684. The molecule has 0 radical (unpaired) electrons. The maximum absolute atomic E-state index is 12.7. The first-order valence-corrected chi connectivity index (χ1v) is 9.71. The summed E-state index contributed by atoms with van der Waals surface area (Å²) in [6, 6.07) is 8.34. The van der Waals surface area contributed by atoms with Crippen LogP contribution in [0.2, 0.25) is 0 Å². The lowest BCUT2D eigenvalue weighted by molar-refractivity contribution is 0.242. The quantitative estimate of drug-likeness (QED) is 0.753. The standard InChI is InChI=1S/C21H23N5O/c27-21-16-13-26(12-14-11-23-17-6-2-1-5-15(14)17)10-8-18(16)24-20(25-21)19-7-3-4-9-22-19/h1-2,5-6,11,23H,3-4,7-10,12-13H2,(H,24,25,27). The van der Waals surface area contributed by atoms with Gasteiger partial charge >= 0.3 is 0 Å². The molecule has 2 aliphatic heterocycles. The Balaban J connectivity index is 1.39. The van der Waals surface area contributed by atoms with E-state index >= 15 is 0 Å². The number of nitrogens with zero attached hydrogens (tertiary/aromatic N) is 3. The summed E-state index contributed by atoms with van der Waals surface area (Å²) in [6.45, 7) is 3.23. The number of aromatic nitrogens is 3. The lowest BCUT2D eigenvalue weighted by Crippen LogP contribution is -2.36. The molecule has 0 saturated heterocycles. The van der Waals surface area contributed by atoms with Crippen molar-refractivity contribution in [2.75, 3.05) is 13.1 Å². The van der Waals surface area contributed by atoms with Crippen LogP contribution in [0.4, 0.5) is 0 Å². The number of hydrogen-bond acceptors (Lipinski definition) is 4. The number of fused-ring (bicyclic) bond motifs is 2. The molecule has 0 saturated carbocycles. The van der Waals surface area contributed by atoms with Crippen LogP contribution in [0, 0.1) is 0 Å². The van der Waals surface area contributed by atoms with E-state index in [9.17, 15) is 4.79 Å². The second-order valence-electron chi connectivity index (χ2n) is 7.45. The highest BCUT2D eigenvalue weighted by Gasteiger charge is 2.23. The Labute approximate surface area is 157 Å². The van der Waals surface area contributed by atoms with E-state index in [0.717, 1.165) is 67.8 Å². The molecule has 2 aliphatic rings. The van der Waals surface area contributed by atoms with Crippen molar-refractivity contribution in [2.24, 2.45) is 4.99 Å². The second kappa shape index (κ2) is 6.78. The molecule has 138 valence electrons. The molecule has 0 atom stereocenters. The third-order valence-electron chi connectivity index (χ3n) is 5.61. The van der Waals surface area contributed by atoms with Crippen molar-refractivity contribution in [1.82, 2.24) is 19.9 Å². The molecule has 0 unspecified atom stereocenters. The van der Waals surface area contributed by atoms with Gasteiger partial charge in [0.25, 0.3) is 5.56 Å². The summed E-state index contributed by atoms with van der Waals surface area (Å²) in [5, 5.41) is 1.25. The zero-order chi connectivity index (χ0) is 18.2. The van der Waals surface area contributed by atoms with Crippen LogP contribution < -0.4 is 5.56 Å². The van der Waals surface area contributed by atoms with E-state index in [1.807, 2.05) is 6.07 Å². The number of aliphatic imine (C=N–C) groups is 1. The smallest absolute Gasteiger partial charge is 0.255 e. The molecule has 0 aliphatic carbocycles. The molecule has 0 amide bonds. The molecule has 2 aromatic heterocycles. The van der Waals surface area contributed by atoms with Gasteiger partial charge in [-0.05, 0) is 30.9 Å². The maximum atomic E-state index is 12.7. The van der Waals surface area contributed by atoms with Gasteiger partial charge in [0.1, 0.15) is 0 Å². The van der Waals surface area contributed by atoms with Crippen molar-refractivity contribution in [3.8, 4) is 0 Å². The minimum Gasteiger partial charge on any atom is -0.361 e. The highest BCUT2D eigenvalue weighted by Crippen LogP contribution is 2.22. The molecule has 3 aromatic rings. The summed E-state index contributed by atoms with van der Waals surface area (Å²) < 4.78 is 0. The van der Waals surface area contributed by atoms with Gasteiger partial charge in [-0.1, -0.05) is 18.2 Å². The van der Waals surface area contributed by atoms with Crippen LogP contribution in [0.1, 0.15) is 41.9 Å². The number of benzene rings is 1. The lowest BCUT2D eigenvalue weighted by Gasteiger charge is -2.27. The lowest BCUT2D eigenvalue weighted by atomic mass is 10.0. The Morgan fingerprint density at radius 1 is 1.15 bits per heavy atom. The molecule has 1 aromatic carbocycles. The molecule has 2 N–H and O–H groups in total. The zero-order valence-corrected chi connectivity index (χ0v) is 15.3. The van der Waals surface area contributed by atoms with E-state index in [1.165, 1.54) is 10.9 Å². The number of H-pyrrole nitrogens is 2. The van der Waals surface area contributed by atoms with Crippen LogP contribution in [0.25, 0.3) is 10.9 Å². The van der Waals surface area contributed by atoms with Gasteiger partial charge in [-0.2, -0.15) is 0 Å². The number of aromatic amines is 2. The van der Waals surface area contributed by atoms with Crippen molar-refractivity contribution in [3.63, 3.8) is 0 Å². The average Bonchev–Trinajstić information content (AvgIpc) is 3.12. The molecular formula is C21H23N5O. The number of para-hydroxylation sites is 1. The van der Waals surface area contributed by atoms with E-state index in [0.29, 0.717) is 12.4 Å². The molecule has 6 heteroatoms. The molecule has 4 heterocycles. The normalized spacial score (nSPS) is 17.7. The average molecular weight is 361 g/mol. The fraction of sp³-hybridized carbons (Fsp3) is 0.381. The highest BCUT2D eigenvalue weighted by molar-refractivity contribution is 5.97. The first-order valence-electron chi connectivity index (χ1n) is 9.71. The van der Waals surface area contributed by atoms with Gasteiger partial charge in [-0.25, -0.2) is 4.98 Å². The van der Waals surface area contributed by atoms with E-state index in [2.05, 4.69) is 44.3 Å². The van der Waals surface area contributed by atoms with E-state index in [1.54, 1.807) is 0 Å². The summed E-state index contributed by atoms with van der Waals surface area (Å²) in [7, 11) is 0. The molecule has 0 bridgehead atoms. The van der Waals surface area contributed by atoms with E-state index in [-0.39, 0.29) is 5.56 Å². The number of hydrogen-bond donors (Lipinski definition) is 2. The monoisotopic (exact) mass is 361 g/mol. The summed E-state index contributed by atoms with van der Waals surface area (Å²) >= 11 is 0. The second-order valence-corrected chi connectivity index (χ2v) is 7.45. The minimum atomic E-state index is -0.00750. The van der Waals surface area contributed by atoms with Gasteiger partial charge in [-0.3, -0.25) is 14.7 Å². The van der Waals surface area contributed by atoms with Crippen LogP contribution in [-0.4, -0.2) is 38.7 Å². The molecular weight excluding hydrogens is 338 g/mol. The highest BCUT2D eigenvalue weighted by atomic mass is 16.1. The largest absolute Gasteiger partial charge is 0.361 e. The fourth-order valence-electron chi connectivity index (χ4n) is 4.15. The van der Waals surface area contributed by atoms with Crippen LogP contribution >= 0.6 is 0 Å². The van der Waals surface area contributed by atoms with Crippen LogP contribution in [0.15, 0.2) is 40.2 Å². The Hall–Kier alpha value is -2.73.